The molecule has 39 heavy (non-hydrogen) atoms. The molecule has 0 aromatic rings. The van der Waals surface area contributed by atoms with Gasteiger partial charge < -0.3 is 39.2 Å². The van der Waals surface area contributed by atoms with Gasteiger partial charge in [-0.3, -0.25) is 0 Å². The summed E-state index contributed by atoms with van der Waals surface area (Å²) in [6.07, 6.45) is 27.2. The molecule has 0 aromatic heterocycles. The first-order chi connectivity index (χ1) is 18.6. The summed E-state index contributed by atoms with van der Waals surface area (Å²) in [5, 5.41) is 0. The third-order valence-electron chi connectivity index (χ3n) is 6.72. The van der Waals surface area contributed by atoms with Crippen molar-refractivity contribution in [3.8, 4) is 0 Å². The van der Waals surface area contributed by atoms with Crippen molar-refractivity contribution in [1.29, 1.82) is 0 Å². The van der Waals surface area contributed by atoms with Gasteiger partial charge >= 0.3 is 21.1 Å². The van der Waals surface area contributed by atoms with Crippen molar-refractivity contribution in [1.82, 2.24) is 39.2 Å². The predicted molar refractivity (Wildman–Crippen MR) is 157 cm³/mol. The van der Waals surface area contributed by atoms with Gasteiger partial charge in [-0.25, -0.2) is 0 Å². The average Bonchev–Trinajstić information content (AvgIpc) is 3.74. The number of unbranched alkanes of at least 4 members (excludes halogenated alkanes) is 4. The number of hydrogen-bond donors (Lipinski definition) is 0. The van der Waals surface area contributed by atoms with Crippen LogP contribution >= 0.6 is 0 Å². The molecule has 0 fully saturated rings. The van der Waals surface area contributed by atoms with Crippen molar-refractivity contribution in [3.63, 3.8) is 0 Å². The minimum absolute atomic E-state index is 0. The molecule has 0 N–H and O–H groups in total. The van der Waals surface area contributed by atoms with Gasteiger partial charge in [-0.2, -0.15) is 26.7 Å². The van der Waals surface area contributed by atoms with Gasteiger partial charge in [0.05, 0.1) is 0 Å². The molecule has 0 spiro atoms. The van der Waals surface area contributed by atoms with Crippen molar-refractivity contribution in [2.75, 3.05) is 39.5 Å². The van der Waals surface area contributed by atoms with Gasteiger partial charge in [0, 0.05) is 13.3 Å². The maximum Gasteiger partial charge on any atom is 4.00 e. The first-order valence-electron chi connectivity index (χ1n) is 14.8. The van der Waals surface area contributed by atoms with Gasteiger partial charge in [0.2, 0.25) is 0 Å². The monoisotopic (exact) mass is 719 g/mol. The van der Waals surface area contributed by atoms with Gasteiger partial charge in [-0.15, -0.1) is 0 Å². The van der Waals surface area contributed by atoms with E-state index in [0.717, 1.165) is 39.5 Å². The first kappa shape index (κ1) is 33.3. The van der Waals surface area contributed by atoms with Crippen LogP contribution in [-0.4, -0.2) is 78.7 Å². The van der Waals surface area contributed by atoms with E-state index in [-0.39, 0.29) is 21.1 Å². The van der Waals surface area contributed by atoms with Gasteiger partial charge in [0.15, 0.2) is 0 Å². The average molecular weight is 720 g/mol. The Kier molecular flexibility index (Phi) is 16.4. The maximum atomic E-state index is 2.26. The van der Waals surface area contributed by atoms with Crippen LogP contribution in [0, 0.1) is 26.7 Å². The molecule has 222 valence electrons. The van der Waals surface area contributed by atoms with E-state index in [9.17, 15) is 0 Å². The van der Waals surface area contributed by atoms with Crippen LogP contribution in [0.4, 0.5) is 0 Å². The van der Waals surface area contributed by atoms with Crippen molar-refractivity contribution in [3.05, 3.63) is 76.3 Å². The molecule has 8 nitrogen and oxygen atoms in total. The minimum atomic E-state index is 0. The fraction of sp³-hybridized carbons (Fsp3) is 0.600. The molecular weight excluding hydrogens is 667 g/mol. The first-order valence-corrected chi connectivity index (χ1v) is 14.8. The molecule has 0 aliphatic carbocycles. The molecule has 9 heteroatoms. The summed E-state index contributed by atoms with van der Waals surface area (Å²) < 4.78 is 0. The van der Waals surface area contributed by atoms with Crippen LogP contribution in [0.15, 0.2) is 49.6 Å². The van der Waals surface area contributed by atoms with Gasteiger partial charge in [0.1, 0.15) is 0 Å². The molecule has 0 bridgehead atoms. The molecular formula is C30H52N8Pt. The molecule has 0 amide bonds. The molecule has 4 rings (SSSR count). The van der Waals surface area contributed by atoms with E-state index in [2.05, 4.69) is 143 Å². The van der Waals surface area contributed by atoms with Crippen LogP contribution in [-0.2, 0) is 21.1 Å². The van der Waals surface area contributed by atoms with E-state index in [1.807, 2.05) is 0 Å². The van der Waals surface area contributed by atoms with Crippen LogP contribution in [0.25, 0.3) is 0 Å². The van der Waals surface area contributed by atoms with E-state index in [4.69, 9.17) is 0 Å². The Morgan fingerprint density at radius 2 is 0.564 bits per heavy atom. The number of rotatable bonds is 16. The molecule has 0 unspecified atom stereocenters. The predicted octanol–water partition coefficient (Wildman–Crippen LogP) is 5.92. The summed E-state index contributed by atoms with van der Waals surface area (Å²) >= 11 is 0. The summed E-state index contributed by atoms with van der Waals surface area (Å²) in [5.41, 5.74) is 0. The fourth-order valence-electron chi connectivity index (χ4n) is 4.36. The summed E-state index contributed by atoms with van der Waals surface area (Å²) in [5.74, 6) is 0. The van der Waals surface area contributed by atoms with Gasteiger partial charge in [0.25, 0.3) is 0 Å². The molecule has 4 aliphatic rings. The van der Waals surface area contributed by atoms with Crippen LogP contribution in [0.3, 0.4) is 0 Å². The smallest absolute Gasteiger partial charge is 0.508 e. The maximum absolute atomic E-state index is 2.26. The zero-order valence-electron chi connectivity index (χ0n) is 24.7. The second-order valence-electron chi connectivity index (χ2n) is 10.4. The zero-order chi connectivity index (χ0) is 27.0. The van der Waals surface area contributed by atoms with Crippen LogP contribution in [0.1, 0.15) is 79.1 Å². The van der Waals surface area contributed by atoms with E-state index in [1.54, 1.807) is 0 Å². The molecule has 4 aliphatic heterocycles. The van der Waals surface area contributed by atoms with Crippen molar-refractivity contribution < 1.29 is 21.1 Å². The second kappa shape index (κ2) is 19.2. The Hall–Kier alpha value is -1.95. The Labute approximate surface area is 254 Å². The van der Waals surface area contributed by atoms with E-state index < -0.39 is 0 Å². The van der Waals surface area contributed by atoms with E-state index in [1.165, 1.54) is 51.4 Å². The summed E-state index contributed by atoms with van der Waals surface area (Å²) in [7, 11) is 0. The quantitative estimate of drug-likeness (QED) is 0.182. The van der Waals surface area contributed by atoms with E-state index in [0.29, 0.717) is 0 Å². The number of nitrogens with zero attached hydrogens (tertiary/aromatic N) is 8. The molecule has 0 atom stereocenters. The zero-order valence-corrected chi connectivity index (χ0v) is 27.0. The van der Waals surface area contributed by atoms with Crippen LogP contribution in [0.5, 0.6) is 0 Å². The minimum Gasteiger partial charge on any atom is -0.508 e. The fourth-order valence-corrected chi connectivity index (χ4v) is 4.36. The standard InChI is InChI=1S/2C15H26N4.Pt/c2*1-3-5-7-16-9-11-18(13-16)15-19-12-10-17(14-19)8-6-4-2;/h2*9-14H,3-8,15H2,1-2H3;/q2*-2;+4. The topological polar surface area (TPSA) is 25.9 Å². The van der Waals surface area contributed by atoms with Crippen molar-refractivity contribution in [2.45, 2.75) is 79.1 Å². The Bertz CT molecular complexity index is 635. The van der Waals surface area contributed by atoms with Crippen LogP contribution < -0.4 is 0 Å². The SMILES string of the molecule is CCCCN1C=CN(CN2C=CN(CCCC)[CH-]2)[CH-]1.CCCCN1C=CN(CN2C=CN(CCCC)[CH-]2)[CH-]1.[Pt+4]. The Morgan fingerprint density at radius 3 is 0.769 bits per heavy atom. The van der Waals surface area contributed by atoms with Gasteiger partial charge in [-0.05, 0) is 101 Å². The largest absolute Gasteiger partial charge is 4.00 e. The van der Waals surface area contributed by atoms with Crippen LogP contribution in [0.2, 0.25) is 0 Å². The Balaban J connectivity index is 0.000000267. The molecule has 0 aromatic carbocycles. The summed E-state index contributed by atoms with van der Waals surface area (Å²) in [6, 6.07) is 0. The summed E-state index contributed by atoms with van der Waals surface area (Å²) in [4.78, 5) is 17.9. The van der Waals surface area contributed by atoms with Crippen molar-refractivity contribution in [2.24, 2.45) is 0 Å². The number of hydrogen-bond acceptors (Lipinski definition) is 8. The Morgan fingerprint density at radius 1 is 0.359 bits per heavy atom. The van der Waals surface area contributed by atoms with Crippen molar-refractivity contribution >= 4 is 0 Å². The molecule has 0 saturated carbocycles. The molecule has 0 radical (unpaired) electrons. The second-order valence-corrected chi connectivity index (χ2v) is 10.4. The summed E-state index contributed by atoms with van der Waals surface area (Å²) in [6.45, 7) is 23.9. The van der Waals surface area contributed by atoms with E-state index >= 15 is 0 Å². The molecule has 0 saturated heterocycles. The third-order valence-corrected chi connectivity index (χ3v) is 6.72. The normalized spacial score (nSPS) is 17.7. The third kappa shape index (κ3) is 12.4. The molecule has 4 heterocycles. The van der Waals surface area contributed by atoms with Gasteiger partial charge in [-0.1, -0.05) is 53.4 Å².